The monoisotopic (exact) mass is 331 g/mol. The number of nitrogens with zero attached hydrogens (tertiary/aromatic N) is 1. The highest BCUT2D eigenvalue weighted by Crippen LogP contribution is 2.26. The van der Waals surface area contributed by atoms with E-state index in [0.717, 1.165) is 0 Å². The average Bonchev–Trinajstić information content (AvgIpc) is 2.89. The number of carbonyl (C=O) groups is 1. The Morgan fingerprint density at radius 1 is 1.18 bits per heavy atom. The molecule has 3 rings (SSSR count). The summed E-state index contributed by atoms with van der Waals surface area (Å²) in [5.41, 5.74) is 1.18. The quantitative estimate of drug-likeness (QED) is 0.705. The molecule has 4 nitrogen and oxygen atoms in total. The number of amides is 1. The Kier molecular flexibility index (Phi) is 4.08. The Hall–Kier alpha value is -2.38. The van der Waals surface area contributed by atoms with Crippen LogP contribution in [0.4, 0.5) is 9.52 Å². The molecule has 1 aromatic heterocycles. The summed E-state index contributed by atoms with van der Waals surface area (Å²) in [6, 6.07) is 13.1. The van der Waals surface area contributed by atoms with E-state index >= 15 is 0 Å². The summed E-state index contributed by atoms with van der Waals surface area (Å²) in [7, 11) is 0. The highest BCUT2D eigenvalue weighted by Gasteiger charge is 2.10. The smallest absolute Gasteiger partial charge is 0.257 e. The molecule has 2 N–H and O–H groups in total. The number of benzene rings is 2. The number of thiazole rings is 1. The Balaban J connectivity index is 1.69. The van der Waals surface area contributed by atoms with Crippen LogP contribution in [0, 0.1) is 5.82 Å². The van der Waals surface area contributed by atoms with E-state index in [4.69, 9.17) is 12.2 Å². The number of hydrogen-bond acceptors (Lipinski definition) is 4. The Morgan fingerprint density at radius 3 is 2.73 bits per heavy atom. The van der Waals surface area contributed by atoms with Gasteiger partial charge in [0.15, 0.2) is 10.2 Å². The van der Waals surface area contributed by atoms with E-state index in [0.29, 0.717) is 20.9 Å². The molecule has 110 valence electrons. The van der Waals surface area contributed by atoms with Crippen LogP contribution in [0.5, 0.6) is 0 Å². The molecule has 1 amide bonds. The first-order chi connectivity index (χ1) is 10.6. The molecule has 0 fully saturated rings. The lowest BCUT2D eigenvalue weighted by atomic mass is 10.2. The molecule has 0 aliphatic heterocycles. The average molecular weight is 331 g/mol. The number of halogens is 1. The van der Waals surface area contributed by atoms with Crippen LogP contribution >= 0.6 is 23.6 Å². The van der Waals surface area contributed by atoms with E-state index in [2.05, 4.69) is 15.6 Å². The number of hydrogen-bond donors (Lipinski definition) is 2. The molecule has 22 heavy (non-hydrogen) atoms. The SMILES string of the molecule is O=C(NC(=S)Nc1nc2ccc(F)cc2s1)c1ccccc1. The minimum atomic E-state index is -0.317. The predicted octanol–water partition coefficient (Wildman–Crippen LogP) is 3.56. The van der Waals surface area contributed by atoms with Gasteiger partial charge in [-0.25, -0.2) is 9.37 Å². The molecule has 0 unspecified atom stereocenters. The number of anilines is 1. The van der Waals surface area contributed by atoms with Crippen LogP contribution in [0.25, 0.3) is 10.2 Å². The van der Waals surface area contributed by atoms with Gasteiger partial charge in [0.05, 0.1) is 10.2 Å². The zero-order chi connectivity index (χ0) is 15.5. The molecule has 1 heterocycles. The van der Waals surface area contributed by atoms with E-state index in [1.54, 1.807) is 30.3 Å². The zero-order valence-electron chi connectivity index (χ0n) is 11.2. The van der Waals surface area contributed by atoms with E-state index in [-0.39, 0.29) is 16.8 Å². The topological polar surface area (TPSA) is 54.0 Å². The molecule has 7 heteroatoms. The van der Waals surface area contributed by atoms with Crippen molar-refractivity contribution < 1.29 is 9.18 Å². The number of aromatic nitrogens is 1. The summed E-state index contributed by atoms with van der Waals surface area (Å²) >= 11 is 6.35. The minimum Gasteiger partial charge on any atom is -0.308 e. The van der Waals surface area contributed by atoms with Gasteiger partial charge in [0.25, 0.3) is 5.91 Å². The second kappa shape index (κ2) is 6.17. The summed E-state index contributed by atoms with van der Waals surface area (Å²) < 4.78 is 13.9. The van der Waals surface area contributed by atoms with Crippen molar-refractivity contribution in [1.82, 2.24) is 10.3 Å². The van der Waals surface area contributed by atoms with Gasteiger partial charge < -0.3 is 5.32 Å². The van der Waals surface area contributed by atoms with Gasteiger partial charge in [0, 0.05) is 5.56 Å². The normalized spacial score (nSPS) is 10.4. The molecule has 0 bridgehead atoms. The largest absolute Gasteiger partial charge is 0.308 e. The maximum absolute atomic E-state index is 13.1. The van der Waals surface area contributed by atoms with Crippen molar-refractivity contribution in [1.29, 1.82) is 0 Å². The van der Waals surface area contributed by atoms with Crippen molar-refractivity contribution in [2.45, 2.75) is 0 Å². The summed E-state index contributed by atoms with van der Waals surface area (Å²) in [6.45, 7) is 0. The van der Waals surface area contributed by atoms with Crippen molar-refractivity contribution in [2.24, 2.45) is 0 Å². The van der Waals surface area contributed by atoms with Gasteiger partial charge in [-0.15, -0.1) is 0 Å². The van der Waals surface area contributed by atoms with E-state index in [9.17, 15) is 9.18 Å². The zero-order valence-corrected chi connectivity index (χ0v) is 12.8. The second-order valence-corrected chi connectivity index (χ2v) is 5.84. The van der Waals surface area contributed by atoms with Gasteiger partial charge in [-0.1, -0.05) is 29.5 Å². The summed E-state index contributed by atoms with van der Waals surface area (Å²) in [5.74, 6) is -0.618. The first kappa shape index (κ1) is 14.6. The van der Waals surface area contributed by atoms with Crippen LogP contribution in [0.3, 0.4) is 0 Å². The maximum atomic E-state index is 13.1. The van der Waals surface area contributed by atoms with Crippen LogP contribution in [0.1, 0.15) is 10.4 Å². The molecule has 0 aliphatic rings. The van der Waals surface area contributed by atoms with Crippen LogP contribution in [0.2, 0.25) is 0 Å². The second-order valence-electron chi connectivity index (χ2n) is 4.41. The molecule has 0 saturated carbocycles. The summed E-state index contributed by atoms with van der Waals surface area (Å²) in [6.07, 6.45) is 0. The number of fused-ring (bicyclic) bond motifs is 1. The van der Waals surface area contributed by atoms with Crippen molar-refractivity contribution in [2.75, 3.05) is 5.32 Å². The molecule has 0 radical (unpaired) electrons. The summed E-state index contributed by atoms with van der Waals surface area (Å²) in [4.78, 5) is 16.2. The highest BCUT2D eigenvalue weighted by molar-refractivity contribution is 7.80. The third kappa shape index (κ3) is 3.26. The van der Waals surface area contributed by atoms with Crippen molar-refractivity contribution >= 4 is 49.9 Å². The molecule has 0 spiro atoms. The van der Waals surface area contributed by atoms with Crippen LogP contribution in [-0.4, -0.2) is 16.0 Å². The molecular weight excluding hydrogens is 321 g/mol. The van der Waals surface area contributed by atoms with E-state index < -0.39 is 0 Å². The van der Waals surface area contributed by atoms with Gasteiger partial charge in [-0.2, -0.15) is 0 Å². The fraction of sp³-hybridized carbons (Fsp3) is 0. The third-order valence-electron chi connectivity index (χ3n) is 2.83. The molecular formula is C15H10FN3OS2. The minimum absolute atomic E-state index is 0.147. The number of nitrogens with one attached hydrogen (secondary N) is 2. The molecule has 0 aliphatic carbocycles. The Bertz CT molecular complexity index is 848. The van der Waals surface area contributed by atoms with Crippen LogP contribution in [0.15, 0.2) is 48.5 Å². The first-order valence-corrected chi connectivity index (χ1v) is 7.58. The Labute approximate surface area is 135 Å². The fourth-order valence-electron chi connectivity index (χ4n) is 1.85. The first-order valence-electron chi connectivity index (χ1n) is 6.35. The molecule has 0 atom stereocenters. The van der Waals surface area contributed by atoms with Crippen molar-refractivity contribution in [3.05, 3.63) is 59.9 Å². The van der Waals surface area contributed by atoms with Crippen LogP contribution < -0.4 is 10.6 Å². The lowest BCUT2D eigenvalue weighted by molar-refractivity contribution is 0.0977. The van der Waals surface area contributed by atoms with Gasteiger partial charge in [-0.3, -0.25) is 10.1 Å². The van der Waals surface area contributed by atoms with Crippen molar-refractivity contribution in [3.63, 3.8) is 0 Å². The number of thiocarbonyl (C=S) groups is 1. The molecule has 3 aromatic rings. The lowest BCUT2D eigenvalue weighted by Crippen LogP contribution is -2.34. The number of carbonyl (C=O) groups excluding carboxylic acids is 1. The number of rotatable bonds is 2. The maximum Gasteiger partial charge on any atom is 0.257 e. The standard InChI is InChI=1S/C15H10FN3OS2/c16-10-6-7-11-12(8-10)22-15(17-11)19-14(21)18-13(20)9-4-2-1-3-5-9/h1-8H,(H2,17,18,19,20,21). The van der Waals surface area contributed by atoms with E-state index in [1.807, 2.05) is 6.07 Å². The third-order valence-corrected chi connectivity index (χ3v) is 3.97. The molecule has 2 aromatic carbocycles. The van der Waals surface area contributed by atoms with Gasteiger partial charge in [0.2, 0.25) is 0 Å². The fourth-order valence-corrected chi connectivity index (χ4v) is 2.99. The van der Waals surface area contributed by atoms with E-state index in [1.165, 1.54) is 23.5 Å². The Morgan fingerprint density at radius 2 is 1.95 bits per heavy atom. The van der Waals surface area contributed by atoms with Crippen LogP contribution in [-0.2, 0) is 0 Å². The van der Waals surface area contributed by atoms with Gasteiger partial charge >= 0.3 is 0 Å². The van der Waals surface area contributed by atoms with Crippen molar-refractivity contribution in [3.8, 4) is 0 Å². The predicted molar refractivity (Wildman–Crippen MR) is 89.7 cm³/mol. The van der Waals surface area contributed by atoms with Gasteiger partial charge in [0.1, 0.15) is 5.82 Å². The highest BCUT2D eigenvalue weighted by atomic mass is 32.1. The van der Waals surface area contributed by atoms with Gasteiger partial charge in [-0.05, 0) is 42.5 Å². The lowest BCUT2D eigenvalue weighted by Gasteiger charge is -2.06. The summed E-state index contributed by atoms with van der Waals surface area (Å²) in [5, 5.41) is 6.06. The molecule has 0 saturated heterocycles.